The molecule has 1 aliphatic rings. The fourth-order valence-corrected chi connectivity index (χ4v) is 2.20. The summed E-state index contributed by atoms with van der Waals surface area (Å²) >= 11 is 0. The minimum atomic E-state index is -0.137. The maximum absolute atomic E-state index is 9.52. The molecule has 0 bridgehead atoms. The standard InChI is InChI=1S/C12H17N4O/c1-17-11-5-3-2-4-9(11)10-8-15-6-7-16(10)12(13)14/h2-5,10,15H,6-8,13H2,1H3. The fraction of sp³-hybridized carbons (Fsp3) is 0.417. The smallest absolute Gasteiger partial charge is 0.217 e. The first-order valence-corrected chi connectivity index (χ1v) is 5.65. The summed E-state index contributed by atoms with van der Waals surface area (Å²) in [5.41, 5.74) is 6.54. The summed E-state index contributed by atoms with van der Waals surface area (Å²) in [6.45, 7) is 2.24. The average molecular weight is 233 g/mol. The van der Waals surface area contributed by atoms with Crippen molar-refractivity contribution in [2.75, 3.05) is 26.7 Å². The number of hydrogen-bond acceptors (Lipinski definition) is 2. The van der Waals surface area contributed by atoms with Gasteiger partial charge >= 0.3 is 0 Å². The Morgan fingerprint density at radius 3 is 3.00 bits per heavy atom. The van der Waals surface area contributed by atoms with E-state index in [0.717, 1.165) is 24.4 Å². The van der Waals surface area contributed by atoms with Crippen LogP contribution >= 0.6 is 0 Å². The molecule has 5 heteroatoms. The van der Waals surface area contributed by atoms with E-state index in [-0.39, 0.29) is 12.0 Å². The van der Waals surface area contributed by atoms with Crippen molar-refractivity contribution in [3.63, 3.8) is 0 Å². The maximum atomic E-state index is 9.52. The highest BCUT2D eigenvalue weighted by molar-refractivity contribution is 5.76. The Kier molecular flexibility index (Phi) is 3.49. The molecule has 1 fully saturated rings. The van der Waals surface area contributed by atoms with Crippen molar-refractivity contribution in [3.8, 4) is 5.75 Å². The highest BCUT2D eigenvalue weighted by Crippen LogP contribution is 2.29. The molecule has 1 aromatic carbocycles. The van der Waals surface area contributed by atoms with Crippen LogP contribution < -0.4 is 21.2 Å². The predicted molar refractivity (Wildman–Crippen MR) is 66.6 cm³/mol. The molecule has 1 saturated heterocycles. The molecule has 17 heavy (non-hydrogen) atoms. The van der Waals surface area contributed by atoms with E-state index in [1.807, 2.05) is 24.3 Å². The minimum Gasteiger partial charge on any atom is -0.496 e. The molecule has 1 heterocycles. The lowest BCUT2D eigenvalue weighted by molar-refractivity contribution is 0.252. The van der Waals surface area contributed by atoms with Crippen LogP contribution in [0.5, 0.6) is 5.75 Å². The third kappa shape index (κ3) is 2.34. The summed E-state index contributed by atoms with van der Waals surface area (Å²) in [5.74, 6) is 0.676. The number of para-hydroxylation sites is 1. The normalized spacial score (nSPS) is 20.1. The van der Waals surface area contributed by atoms with Crippen LogP contribution in [-0.2, 0) is 0 Å². The van der Waals surface area contributed by atoms with E-state index >= 15 is 0 Å². The van der Waals surface area contributed by atoms with Crippen molar-refractivity contribution < 1.29 is 4.74 Å². The molecular weight excluding hydrogens is 216 g/mol. The second-order valence-corrected chi connectivity index (χ2v) is 4.01. The molecule has 2 rings (SSSR count). The quantitative estimate of drug-likeness (QED) is 0.546. The Morgan fingerprint density at radius 1 is 1.53 bits per heavy atom. The van der Waals surface area contributed by atoms with Crippen LogP contribution in [0.4, 0.5) is 0 Å². The molecule has 1 unspecified atom stereocenters. The van der Waals surface area contributed by atoms with E-state index in [0.29, 0.717) is 6.54 Å². The van der Waals surface area contributed by atoms with E-state index in [9.17, 15) is 5.41 Å². The number of piperazine rings is 1. The molecule has 0 amide bonds. The lowest BCUT2D eigenvalue weighted by Crippen LogP contribution is -2.51. The van der Waals surface area contributed by atoms with Gasteiger partial charge in [0.1, 0.15) is 5.75 Å². The molecular formula is C12H17N4O. The first-order chi connectivity index (χ1) is 8.24. The summed E-state index contributed by atoms with van der Waals surface area (Å²) in [4.78, 5) is 1.79. The molecule has 1 aliphatic heterocycles. The van der Waals surface area contributed by atoms with E-state index in [2.05, 4.69) is 5.32 Å². The molecule has 0 saturated carbocycles. The Labute approximate surface area is 101 Å². The van der Waals surface area contributed by atoms with Crippen LogP contribution in [0.15, 0.2) is 24.3 Å². The maximum Gasteiger partial charge on any atom is 0.217 e. The number of ether oxygens (including phenoxy) is 1. The third-order valence-corrected chi connectivity index (χ3v) is 3.04. The third-order valence-electron chi connectivity index (χ3n) is 3.04. The van der Waals surface area contributed by atoms with Crippen LogP contribution in [0.2, 0.25) is 0 Å². The van der Waals surface area contributed by atoms with Crippen molar-refractivity contribution in [1.29, 1.82) is 0 Å². The van der Waals surface area contributed by atoms with Gasteiger partial charge in [-0.15, -0.1) is 5.41 Å². The molecule has 0 spiro atoms. The number of guanidine groups is 1. The predicted octanol–water partition coefficient (Wildman–Crippen LogP) is -0.244. The van der Waals surface area contributed by atoms with Gasteiger partial charge < -0.3 is 20.7 Å². The van der Waals surface area contributed by atoms with Crippen LogP contribution in [0.3, 0.4) is 0 Å². The van der Waals surface area contributed by atoms with Crippen molar-refractivity contribution in [2.45, 2.75) is 6.04 Å². The van der Waals surface area contributed by atoms with Crippen LogP contribution in [-0.4, -0.2) is 37.6 Å². The summed E-state index contributed by atoms with van der Waals surface area (Å²) < 4.78 is 5.34. The molecule has 91 valence electrons. The van der Waals surface area contributed by atoms with Gasteiger partial charge in [0.05, 0.1) is 13.2 Å². The summed E-state index contributed by atoms with van der Waals surface area (Å²) in [5, 5.41) is 12.8. The molecule has 3 N–H and O–H groups in total. The van der Waals surface area contributed by atoms with Gasteiger partial charge in [-0.3, -0.25) is 0 Å². The van der Waals surface area contributed by atoms with E-state index in [1.54, 1.807) is 12.0 Å². The Hall–Kier alpha value is -1.75. The second-order valence-electron chi connectivity index (χ2n) is 4.01. The van der Waals surface area contributed by atoms with Gasteiger partial charge in [0.15, 0.2) is 0 Å². The lowest BCUT2D eigenvalue weighted by Gasteiger charge is -2.36. The van der Waals surface area contributed by atoms with Gasteiger partial charge in [0, 0.05) is 25.2 Å². The van der Waals surface area contributed by atoms with Crippen LogP contribution in [0.25, 0.3) is 0 Å². The number of hydrogen-bond donors (Lipinski definition) is 2. The lowest BCUT2D eigenvalue weighted by atomic mass is 10.0. The molecule has 0 aromatic heterocycles. The number of nitrogens with zero attached hydrogens (tertiary/aromatic N) is 2. The largest absolute Gasteiger partial charge is 0.496 e. The summed E-state index contributed by atoms with van der Waals surface area (Å²) in [7, 11) is 1.64. The fourth-order valence-electron chi connectivity index (χ4n) is 2.20. The zero-order chi connectivity index (χ0) is 12.3. The first-order valence-electron chi connectivity index (χ1n) is 5.65. The van der Waals surface area contributed by atoms with E-state index in [4.69, 9.17) is 10.5 Å². The summed E-state index contributed by atoms with van der Waals surface area (Å²) in [6.07, 6.45) is 0. The van der Waals surface area contributed by atoms with Gasteiger partial charge in [-0.2, -0.15) is 0 Å². The van der Waals surface area contributed by atoms with Gasteiger partial charge in [-0.05, 0) is 6.07 Å². The Morgan fingerprint density at radius 2 is 2.29 bits per heavy atom. The van der Waals surface area contributed by atoms with Crippen molar-refractivity contribution in [1.82, 2.24) is 15.6 Å². The molecule has 1 aromatic rings. The van der Waals surface area contributed by atoms with Crippen LogP contribution in [0, 0.1) is 0 Å². The zero-order valence-corrected chi connectivity index (χ0v) is 9.89. The van der Waals surface area contributed by atoms with E-state index < -0.39 is 0 Å². The molecule has 5 nitrogen and oxygen atoms in total. The van der Waals surface area contributed by atoms with Crippen LogP contribution in [0.1, 0.15) is 11.6 Å². The van der Waals surface area contributed by atoms with Crippen molar-refractivity contribution >= 4 is 5.96 Å². The van der Waals surface area contributed by atoms with Gasteiger partial charge in [0.25, 0.3) is 0 Å². The second kappa shape index (κ2) is 5.05. The molecule has 1 radical (unpaired) electrons. The van der Waals surface area contributed by atoms with E-state index in [1.165, 1.54) is 0 Å². The highest BCUT2D eigenvalue weighted by Gasteiger charge is 2.27. The Balaban J connectivity index is 2.32. The van der Waals surface area contributed by atoms with Crippen molar-refractivity contribution in [2.24, 2.45) is 5.73 Å². The number of rotatable bonds is 2. The molecule has 1 atom stereocenters. The van der Waals surface area contributed by atoms with Gasteiger partial charge in [-0.1, -0.05) is 18.2 Å². The molecule has 0 aliphatic carbocycles. The minimum absolute atomic E-state index is 0.00454. The number of nitrogens with one attached hydrogen (secondary N) is 1. The Bertz CT molecular complexity index is 407. The van der Waals surface area contributed by atoms with Gasteiger partial charge in [0.2, 0.25) is 5.96 Å². The topological polar surface area (TPSA) is 72.8 Å². The zero-order valence-electron chi connectivity index (χ0n) is 9.89. The van der Waals surface area contributed by atoms with Crippen molar-refractivity contribution in [3.05, 3.63) is 29.8 Å². The SMILES string of the molecule is COc1ccccc1C1CNCCN1C(=[N])N. The number of benzene rings is 1. The monoisotopic (exact) mass is 233 g/mol. The number of nitrogens with two attached hydrogens (primary N) is 1. The first kappa shape index (κ1) is 11.7. The number of methoxy groups -OCH3 is 1. The van der Waals surface area contributed by atoms with Gasteiger partial charge in [-0.25, -0.2) is 0 Å². The summed E-state index contributed by atoms with van der Waals surface area (Å²) in [6, 6.07) is 7.79. The average Bonchev–Trinajstić information content (AvgIpc) is 2.38. The highest BCUT2D eigenvalue weighted by atomic mass is 16.5.